The summed E-state index contributed by atoms with van der Waals surface area (Å²) >= 11 is 0. The first kappa shape index (κ1) is 23.2. The highest BCUT2D eigenvalue weighted by Crippen LogP contribution is 2.29. The van der Waals surface area contributed by atoms with E-state index in [1.807, 2.05) is 0 Å². The number of fused-ring (bicyclic) bond motifs is 1. The number of carbonyl (C=O) groups is 1. The summed E-state index contributed by atoms with van der Waals surface area (Å²) in [5.41, 5.74) is 0.0422. The monoisotopic (exact) mass is 487 g/mol. The van der Waals surface area contributed by atoms with Crippen LogP contribution in [0.25, 0.3) is 22.2 Å². The summed E-state index contributed by atoms with van der Waals surface area (Å²) in [5.74, 6) is -3.64. The third-order valence-corrected chi connectivity index (χ3v) is 6.45. The average Bonchev–Trinajstić information content (AvgIpc) is 3.24. The maximum absolute atomic E-state index is 15.1. The lowest BCUT2D eigenvalue weighted by Gasteiger charge is -2.11. The summed E-state index contributed by atoms with van der Waals surface area (Å²) in [6.07, 6.45) is 6.14. The van der Waals surface area contributed by atoms with Gasteiger partial charge in [0.15, 0.2) is 5.82 Å². The number of carbonyl (C=O) groups excluding carboxylic acids is 1. The normalized spacial score (nSPS) is 11.5. The Hall–Kier alpha value is -3.93. The van der Waals surface area contributed by atoms with Crippen LogP contribution >= 0.6 is 0 Å². The lowest BCUT2D eigenvalue weighted by molar-refractivity contribution is 0.103. The van der Waals surface area contributed by atoms with Crippen LogP contribution in [0.5, 0.6) is 6.01 Å². The maximum atomic E-state index is 15.1. The molecule has 0 atom stereocenters. The Bertz CT molecular complexity index is 1490. The second kappa shape index (κ2) is 9.14. The molecule has 0 spiro atoms. The van der Waals surface area contributed by atoms with E-state index in [0.717, 1.165) is 12.1 Å². The molecule has 176 valence electrons. The molecule has 9 nitrogen and oxygen atoms in total. The van der Waals surface area contributed by atoms with Crippen LogP contribution in [0.4, 0.5) is 14.5 Å². The summed E-state index contributed by atoms with van der Waals surface area (Å²) in [5, 5.41) is 0.314. The smallest absolute Gasteiger partial charge is 0.316 e. The molecule has 0 saturated heterocycles. The lowest BCUT2D eigenvalue weighted by atomic mass is 10.0. The molecular formula is C22H19F2N5O4S. The van der Waals surface area contributed by atoms with Crippen molar-refractivity contribution < 1.29 is 26.7 Å². The topological polar surface area (TPSA) is 127 Å². The third-order valence-electron chi connectivity index (χ3n) is 4.98. The van der Waals surface area contributed by atoms with Crippen LogP contribution < -0.4 is 9.46 Å². The minimum atomic E-state index is -3.85. The van der Waals surface area contributed by atoms with Gasteiger partial charge in [0.05, 0.1) is 24.1 Å². The van der Waals surface area contributed by atoms with E-state index in [1.54, 1.807) is 13.0 Å². The summed E-state index contributed by atoms with van der Waals surface area (Å²) in [6, 6.07) is 3.57. The van der Waals surface area contributed by atoms with E-state index in [9.17, 15) is 17.6 Å². The minimum Gasteiger partial charge on any atom is -0.467 e. The summed E-state index contributed by atoms with van der Waals surface area (Å²) in [6.45, 7) is 1.65. The quantitative estimate of drug-likeness (QED) is 0.363. The minimum absolute atomic E-state index is 0.0369. The van der Waals surface area contributed by atoms with E-state index in [4.69, 9.17) is 4.74 Å². The van der Waals surface area contributed by atoms with Gasteiger partial charge in [-0.2, -0.15) is 0 Å². The first-order chi connectivity index (χ1) is 16.2. The van der Waals surface area contributed by atoms with Gasteiger partial charge in [0.1, 0.15) is 11.5 Å². The molecule has 3 heterocycles. The van der Waals surface area contributed by atoms with Crippen LogP contribution in [0.1, 0.15) is 29.3 Å². The van der Waals surface area contributed by atoms with Crippen molar-refractivity contribution in [3.63, 3.8) is 0 Å². The second-order valence-corrected chi connectivity index (χ2v) is 9.16. The highest BCUT2D eigenvalue weighted by molar-refractivity contribution is 7.92. The molecule has 2 N–H and O–H groups in total. The van der Waals surface area contributed by atoms with Gasteiger partial charge >= 0.3 is 6.01 Å². The van der Waals surface area contributed by atoms with Crippen molar-refractivity contribution >= 4 is 32.5 Å². The van der Waals surface area contributed by atoms with Crippen molar-refractivity contribution in [3.05, 3.63) is 65.7 Å². The standard InChI is InChI=1S/C22H19F2N5O4S/c1-3-6-34(31,32)29-17-5-4-16(23)18(19(17)24)20(30)15-11-26-21-14(15)7-12(8-25-21)13-9-27-22(33-2)28-10-13/h4-5,7-11,29H,3,6H2,1-2H3,(H,25,26). The molecule has 12 heteroatoms. The van der Waals surface area contributed by atoms with Crippen molar-refractivity contribution in [1.82, 2.24) is 19.9 Å². The van der Waals surface area contributed by atoms with E-state index in [-0.39, 0.29) is 17.3 Å². The Morgan fingerprint density at radius 1 is 1.12 bits per heavy atom. The number of rotatable bonds is 8. The largest absolute Gasteiger partial charge is 0.467 e. The molecule has 4 rings (SSSR count). The molecule has 0 saturated carbocycles. The first-order valence-electron chi connectivity index (χ1n) is 10.1. The van der Waals surface area contributed by atoms with E-state index in [0.29, 0.717) is 28.6 Å². The molecule has 0 fully saturated rings. The molecule has 0 aliphatic rings. The number of ketones is 1. The molecule has 34 heavy (non-hydrogen) atoms. The van der Waals surface area contributed by atoms with E-state index >= 15 is 4.39 Å². The summed E-state index contributed by atoms with van der Waals surface area (Å²) < 4.78 is 60.8. The summed E-state index contributed by atoms with van der Waals surface area (Å²) in [4.78, 5) is 28.3. The van der Waals surface area contributed by atoms with Gasteiger partial charge in [-0.3, -0.25) is 9.52 Å². The van der Waals surface area contributed by atoms with Crippen LogP contribution in [-0.4, -0.2) is 47.0 Å². The number of methoxy groups -OCH3 is 1. The molecule has 0 amide bonds. The fourth-order valence-corrected chi connectivity index (χ4v) is 4.51. The highest BCUT2D eigenvalue weighted by Gasteiger charge is 2.26. The zero-order chi connectivity index (χ0) is 24.5. The predicted molar refractivity (Wildman–Crippen MR) is 121 cm³/mol. The fourth-order valence-electron chi connectivity index (χ4n) is 3.38. The van der Waals surface area contributed by atoms with Crippen LogP contribution in [-0.2, 0) is 10.0 Å². The summed E-state index contributed by atoms with van der Waals surface area (Å²) in [7, 11) is -2.42. The molecule has 1 aromatic carbocycles. The van der Waals surface area contributed by atoms with Crippen molar-refractivity contribution in [3.8, 4) is 17.1 Å². The number of aromatic amines is 1. The molecule has 4 aromatic rings. The number of hydrogen-bond donors (Lipinski definition) is 2. The number of halogens is 2. The second-order valence-electron chi connectivity index (χ2n) is 7.31. The van der Waals surface area contributed by atoms with Crippen LogP contribution in [0.3, 0.4) is 0 Å². The zero-order valence-corrected chi connectivity index (χ0v) is 18.9. The van der Waals surface area contributed by atoms with Gasteiger partial charge in [-0.1, -0.05) is 6.92 Å². The third kappa shape index (κ3) is 4.44. The Labute approximate surface area is 193 Å². The van der Waals surface area contributed by atoms with Gasteiger partial charge < -0.3 is 9.72 Å². The van der Waals surface area contributed by atoms with Gasteiger partial charge in [-0.25, -0.2) is 32.2 Å². The van der Waals surface area contributed by atoms with E-state index < -0.39 is 38.7 Å². The molecular weight excluding hydrogens is 468 g/mol. The van der Waals surface area contributed by atoms with Gasteiger partial charge in [-0.05, 0) is 24.6 Å². The maximum Gasteiger partial charge on any atom is 0.316 e. The van der Waals surface area contributed by atoms with Crippen LogP contribution in [0.2, 0.25) is 0 Å². The van der Waals surface area contributed by atoms with Gasteiger partial charge in [0.25, 0.3) is 0 Å². The average molecular weight is 487 g/mol. The number of aromatic nitrogens is 4. The zero-order valence-electron chi connectivity index (χ0n) is 18.1. The molecule has 3 aromatic heterocycles. The van der Waals surface area contributed by atoms with Gasteiger partial charge in [0.2, 0.25) is 15.8 Å². The van der Waals surface area contributed by atoms with Crippen LogP contribution in [0.15, 0.2) is 43.0 Å². The molecule has 0 unspecified atom stereocenters. The fraction of sp³-hybridized carbons (Fsp3) is 0.182. The number of sulfonamides is 1. The van der Waals surface area contributed by atoms with Gasteiger partial charge in [-0.15, -0.1) is 0 Å². The van der Waals surface area contributed by atoms with Crippen molar-refractivity contribution in [2.45, 2.75) is 13.3 Å². The Morgan fingerprint density at radius 2 is 1.82 bits per heavy atom. The number of anilines is 1. The number of nitrogens with zero attached hydrogens (tertiary/aromatic N) is 3. The SMILES string of the molecule is CCCS(=O)(=O)Nc1ccc(F)c(C(=O)c2c[nH]c3ncc(-c4cnc(OC)nc4)cc23)c1F. The van der Waals surface area contributed by atoms with E-state index in [1.165, 1.54) is 31.9 Å². The van der Waals surface area contributed by atoms with Crippen molar-refractivity contribution in [2.75, 3.05) is 17.6 Å². The Balaban J connectivity index is 1.76. The predicted octanol–water partition coefficient (Wildman–Crippen LogP) is 3.69. The number of nitrogens with one attached hydrogen (secondary N) is 2. The molecule has 0 aliphatic carbocycles. The molecule has 0 radical (unpaired) electrons. The van der Waals surface area contributed by atoms with Crippen molar-refractivity contribution in [1.29, 1.82) is 0 Å². The number of benzene rings is 1. The number of ether oxygens (including phenoxy) is 1. The number of hydrogen-bond acceptors (Lipinski definition) is 7. The lowest BCUT2D eigenvalue weighted by Crippen LogP contribution is -2.18. The molecule has 0 bridgehead atoms. The van der Waals surface area contributed by atoms with Crippen LogP contribution in [0, 0.1) is 11.6 Å². The van der Waals surface area contributed by atoms with Crippen molar-refractivity contribution in [2.24, 2.45) is 0 Å². The number of H-pyrrole nitrogens is 1. The Kier molecular flexibility index (Phi) is 6.24. The van der Waals surface area contributed by atoms with Gasteiger partial charge in [0, 0.05) is 46.9 Å². The Morgan fingerprint density at radius 3 is 2.50 bits per heavy atom. The van der Waals surface area contributed by atoms with E-state index in [2.05, 4.69) is 24.7 Å². The first-order valence-corrected chi connectivity index (χ1v) is 11.8. The molecule has 0 aliphatic heterocycles. The number of pyridine rings is 1. The highest BCUT2D eigenvalue weighted by atomic mass is 32.2.